The number of piperidine rings is 1. The Morgan fingerprint density at radius 3 is 2.45 bits per heavy atom. The van der Waals surface area contributed by atoms with Crippen LogP contribution >= 0.6 is 0 Å². The minimum atomic E-state index is -4.26. The van der Waals surface area contributed by atoms with Gasteiger partial charge in [0, 0.05) is 25.7 Å². The molecule has 0 aromatic carbocycles. The standard InChI is InChI=1S/C21H25F4N7O/c1-13-28-12-31(29-13)18-9-26-16(8-27-18)19(33)32(14-2-3-14)17-4-7-30(10-15(17)22)11-20(5-6-20)21(23,24)25/h8-9,12,14-15,17H,2-7,10-11H2,1H3/t15-,17?/m0/s1. The molecule has 1 unspecified atom stereocenters. The molecule has 2 aromatic heterocycles. The average Bonchev–Trinajstić information content (AvgIpc) is 3.69. The van der Waals surface area contributed by atoms with Crippen molar-refractivity contribution in [2.75, 3.05) is 19.6 Å². The van der Waals surface area contributed by atoms with E-state index in [1.807, 2.05) is 0 Å². The first kappa shape index (κ1) is 22.2. The SMILES string of the molecule is Cc1ncn(-c2cnc(C(=O)N(C3CC3)C3CCN(CC4(C(F)(F)F)CC4)C[C@@H]3F)cn2)n1. The van der Waals surface area contributed by atoms with Crippen molar-refractivity contribution in [2.45, 2.75) is 63.5 Å². The van der Waals surface area contributed by atoms with Gasteiger partial charge in [-0.25, -0.2) is 24.0 Å². The molecule has 3 fully saturated rings. The molecule has 0 N–H and O–H groups in total. The van der Waals surface area contributed by atoms with Crippen LogP contribution in [-0.2, 0) is 0 Å². The first-order valence-corrected chi connectivity index (χ1v) is 11.1. The third-order valence-corrected chi connectivity index (χ3v) is 6.80. The fraction of sp³-hybridized carbons (Fsp3) is 0.667. The van der Waals surface area contributed by atoms with Crippen molar-refractivity contribution >= 4 is 5.91 Å². The van der Waals surface area contributed by atoms with Gasteiger partial charge < -0.3 is 4.90 Å². The zero-order valence-electron chi connectivity index (χ0n) is 18.2. The first-order valence-electron chi connectivity index (χ1n) is 11.1. The van der Waals surface area contributed by atoms with Crippen molar-refractivity contribution in [3.8, 4) is 5.82 Å². The molecule has 12 heteroatoms. The molecule has 2 aliphatic carbocycles. The molecule has 0 spiro atoms. The Morgan fingerprint density at radius 2 is 1.94 bits per heavy atom. The monoisotopic (exact) mass is 467 g/mol. The number of likely N-dealkylation sites (tertiary alicyclic amines) is 1. The summed E-state index contributed by atoms with van der Waals surface area (Å²) in [5.41, 5.74) is -1.59. The summed E-state index contributed by atoms with van der Waals surface area (Å²) < 4.78 is 56.6. The van der Waals surface area contributed by atoms with Gasteiger partial charge in [0.1, 0.15) is 24.0 Å². The Bertz CT molecular complexity index is 1020. The normalized spacial score (nSPS) is 25.1. The van der Waals surface area contributed by atoms with E-state index in [9.17, 15) is 18.0 Å². The predicted octanol–water partition coefficient (Wildman–Crippen LogP) is 2.73. The number of aryl methyl sites for hydroxylation is 1. The number of aromatic nitrogens is 5. The van der Waals surface area contributed by atoms with E-state index in [0.717, 1.165) is 12.8 Å². The maximum atomic E-state index is 15.2. The van der Waals surface area contributed by atoms with Crippen molar-refractivity contribution in [1.29, 1.82) is 0 Å². The molecule has 3 heterocycles. The Balaban J connectivity index is 1.27. The van der Waals surface area contributed by atoms with E-state index in [-0.39, 0.29) is 37.7 Å². The van der Waals surface area contributed by atoms with Crippen LogP contribution in [0.2, 0.25) is 0 Å². The largest absolute Gasteiger partial charge is 0.395 e. The molecule has 1 aliphatic heterocycles. The smallest absolute Gasteiger partial charge is 0.328 e. The van der Waals surface area contributed by atoms with Gasteiger partial charge in [0.05, 0.1) is 23.9 Å². The van der Waals surface area contributed by atoms with Crippen molar-refractivity contribution in [3.63, 3.8) is 0 Å². The predicted molar refractivity (Wildman–Crippen MR) is 108 cm³/mol. The maximum absolute atomic E-state index is 15.2. The second kappa shape index (κ2) is 8.00. The van der Waals surface area contributed by atoms with Gasteiger partial charge >= 0.3 is 6.18 Å². The van der Waals surface area contributed by atoms with E-state index in [1.54, 1.807) is 16.7 Å². The molecule has 1 amide bonds. The maximum Gasteiger partial charge on any atom is 0.395 e. The minimum absolute atomic E-state index is 0.0725. The van der Waals surface area contributed by atoms with Crippen molar-refractivity contribution < 1.29 is 22.4 Å². The van der Waals surface area contributed by atoms with Gasteiger partial charge in [0.15, 0.2) is 5.82 Å². The van der Waals surface area contributed by atoms with Crippen LogP contribution in [0.4, 0.5) is 17.6 Å². The van der Waals surface area contributed by atoms with Crippen LogP contribution in [0.5, 0.6) is 0 Å². The number of amides is 1. The van der Waals surface area contributed by atoms with E-state index in [4.69, 9.17) is 0 Å². The summed E-state index contributed by atoms with van der Waals surface area (Å²) in [4.78, 5) is 28.8. The highest BCUT2D eigenvalue weighted by molar-refractivity contribution is 5.92. The van der Waals surface area contributed by atoms with E-state index < -0.39 is 29.7 Å². The summed E-state index contributed by atoms with van der Waals surface area (Å²) in [7, 11) is 0. The number of halogens is 4. The molecule has 2 atom stereocenters. The highest BCUT2D eigenvalue weighted by Crippen LogP contribution is 2.58. The molecular weight excluding hydrogens is 442 g/mol. The summed E-state index contributed by atoms with van der Waals surface area (Å²) in [6, 6.07) is -0.751. The molecule has 3 aliphatic rings. The molecule has 2 saturated carbocycles. The lowest BCUT2D eigenvalue weighted by molar-refractivity contribution is -0.193. The summed E-state index contributed by atoms with van der Waals surface area (Å²) in [5, 5.41) is 4.15. The highest BCUT2D eigenvalue weighted by atomic mass is 19.4. The van der Waals surface area contributed by atoms with E-state index >= 15 is 4.39 Å². The van der Waals surface area contributed by atoms with Crippen LogP contribution in [0.1, 0.15) is 48.4 Å². The second-order valence-electron chi connectivity index (χ2n) is 9.33. The summed E-state index contributed by atoms with van der Waals surface area (Å²) >= 11 is 0. The molecular formula is C21H25F4N7O. The van der Waals surface area contributed by atoms with Gasteiger partial charge in [-0.15, -0.1) is 0 Å². The minimum Gasteiger partial charge on any atom is -0.328 e. The first-order chi connectivity index (χ1) is 15.7. The van der Waals surface area contributed by atoms with Crippen molar-refractivity contribution in [3.05, 3.63) is 30.2 Å². The number of hydrogen-bond donors (Lipinski definition) is 0. The van der Waals surface area contributed by atoms with E-state index in [1.165, 1.54) is 23.4 Å². The van der Waals surface area contributed by atoms with Crippen LogP contribution < -0.4 is 0 Å². The Morgan fingerprint density at radius 1 is 1.18 bits per heavy atom. The van der Waals surface area contributed by atoms with E-state index in [2.05, 4.69) is 20.1 Å². The molecule has 1 saturated heterocycles. The molecule has 0 radical (unpaired) electrons. The third-order valence-electron chi connectivity index (χ3n) is 6.80. The lowest BCUT2D eigenvalue weighted by atomic mass is 9.97. The van der Waals surface area contributed by atoms with Crippen molar-refractivity contribution in [2.24, 2.45) is 5.41 Å². The van der Waals surface area contributed by atoms with Crippen molar-refractivity contribution in [1.82, 2.24) is 34.5 Å². The summed E-state index contributed by atoms with van der Waals surface area (Å²) in [6.07, 6.45) is 0.607. The zero-order chi connectivity index (χ0) is 23.4. The van der Waals surface area contributed by atoms with Crippen LogP contribution in [0, 0.1) is 12.3 Å². The number of hydrogen-bond acceptors (Lipinski definition) is 6. The second-order valence-corrected chi connectivity index (χ2v) is 9.33. The Hall–Kier alpha value is -2.63. The molecule has 8 nitrogen and oxygen atoms in total. The topological polar surface area (TPSA) is 80.0 Å². The Kier molecular flexibility index (Phi) is 5.37. The molecule has 2 aromatic rings. The Labute approximate surface area is 188 Å². The lowest BCUT2D eigenvalue weighted by Gasteiger charge is -2.42. The summed E-state index contributed by atoms with van der Waals surface area (Å²) in [5.74, 6) is 0.571. The summed E-state index contributed by atoms with van der Waals surface area (Å²) in [6.45, 7) is 1.79. The quantitative estimate of drug-likeness (QED) is 0.608. The third kappa shape index (κ3) is 4.32. The number of carbonyl (C=O) groups is 1. The van der Waals surface area contributed by atoms with Gasteiger partial charge in [-0.05, 0) is 39.0 Å². The molecule has 0 bridgehead atoms. The van der Waals surface area contributed by atoms with Gasteiger partial charge in [-0.1, -0.05) is 0 Å². The van der Waals surface area contributed by atoms with E-state index in [0.29, 0.717) is 24.6 Å². The molecule has 33 heavy (non-hydrogen) atoms. The number of alkyl halides is 4. The average molecular weight is 467 g/mol. The molecule has 178 valence electrons. The number of rotatable bonds is 6. The lowest BCUT2D eigenvalue weighted by Crippen LogP contribution is -2.56. The van der Waals surface area contributed by atoms with Gasteiger partial charge in [0.25, 0.3) is 5.91 Å². The van der Waals surface area contributed by atoms with Gasteiger partial charge in [-0.2, -0.15) is 18.3 Å². The van der Waals surface area contributed by atoms with Crippen LogP contribution in [-0.4, -0.2) is 84.5 Å². The van der Waals surface area contributed by atoms with Gasteiger partial charge in [-0.3, -0.25) is 9.69 Å². The van der Waals surface area contributed by atoms with Crippen LogP contribution in [0.15, 0.2) is 18.7 Å². The highest BCUT2D eigenvalue weighted by Gasteiger charge is 2.63. The van der Waals surface area contributed by atoms with Gasteiger partial charge in [0.2, 0.25) is 0 Å². The zero-order valence-corrected chi connectivity index (χ0v) is 18.2. The number of carbonyl (C=O) groups excluding carboxylic acids is 1. The number of nitrogens with zero attached hydrogens (tertiary/aromatic N) is 7. The fourth-order valence-corrected chi connectivity index (χ4v) is 4.60. The fourth-order valence-electron chi connectivity index (χ4n) is 4.60. The molecule has 5 rings (SSSR count). The van der Waals surface area contributed by atoms with Crippen LogP contribution in [0.3, 0.4) is 0 Å². The van der Waals surface area contributed by atoms with Crippen LogP contribution in [0.25, 0.3) is 5.82 Å².